The quantitative estimate of drug-likeness (QED) is 0.432. The van der Waals surface area contributed by atoms with Crippen molar-refractivity contribution in [3.63, 3.8) is 0 Å². The summed E-state index contributed by atoms with van der Waals surface area (Å²) in [5.74, 6) is 1.13. The summed E-state index contributed by atoms with van der Waals surface area (Å²) < 4.78 is 38.2. The lowest BCUT2D eigenvalue weighted by Gasteiger charge is -2.17. The van der Waals surface area contributed by atoms with Crippen molar-refractivity contribution >= 4 is 16.1 Å². The van der Waals surface area contributed by atoms with Gasteiger partial charge in [-0.25, -0.2) is 17.9 Å². The Labute approximate surface area is 186 Å². The van der Waals surface area contributed by atoms with Gasteiger partial charge in [-0.2, -0.15) is 0 Å². The third-order valence-electron chi connectivity index (χ3n) is 4.39. The molecule has 3 N–H and O–H groups in total. The van der Waals surface area contributed by atoms with Crippen molar-refractivity contribution in [2.75, 3.05) is 13.2 Å². The Balaban J connectivity index is 1.50. The molecule has 0 aromatic heterocycles. The average Bonchev–Trinajstić information content (AvgIpc) is 2.82. The van der Waals surface area contributed by atoms with Crippen LogP contribution in [-0.4, -0.2) is 38.8 Å². The zero-order chi connectivity index (χ0) is 22.8. The number of nitrogens with one attached hydrogen (secondary N) is 2. The molecule has 0 aliphatic carbocycles. The number of carbonyl (C=O) groups excluding carboxylic acids is 1. The summed E-state index contributed by atoms with van der Waals surface area (Å²) in [6.45, 7) is -0.609. The smallest absolute Gasteiger partial charge is 0.407 e. The fourth-order valence-electron chi connectivity index (χ4n) is 2.70. The Morgan fingerprint density at radius 1 is 0.875 bits per heavy atom. The van der Waals surface area contributed by atoms with Crippen LogP contribution in [-0.2, 0) is 21.4 Å². The number of benzene rings is 3. The monoisotopic (exact) mass is 456 g/mol. The lowest BCUT2D eigenvalue weighted by molar-refractivity contribution is 0.129. The van der Waals surface area contributed by atoms with Gasteiger partial charge in [-0.15, -0.1) is 0 Å². The van der Waals surface area contributed by atoms with Crippen LogP contribution in [0.15, 0.2) is 89.8 Å². The molecule has 1 unspecified atom stereocenters. The largest absolute Gasteiger partial charge is 0.457 e. The molecule has 0 saturated carbocycles. The maximum Gasteiger partial charge on any atom is 0.407 e. The van der Waals surface area contributed by atoms with E-state index < -0.39 is 28.8 Å². The molecule has 3 rings (SSSR count). The molecule has 0 radical (unpaired) electrons. The second-order valence-electron chi connectivity index (χ2n) is 6.82. The highest BCUT2D eigenvalue weighted by molar-refractivity contribution is 7.89. The van der Waals surface area contributed by atoms with E-state index in [1.807, 2.05) is 36.4 Å². The van der Waals surface area contributed by atoms with Gasteiger partial charge in [0, 0.05) is 6.54 Å². The highest BCUT2D eigenvalue weighted by Crippen LogP contribution is 2.22. The predicted molar refractivity (Wildman–Crippen MR) is 119 cm³/mol. The molecule has 168 valence electrons. The average molecular weight is 457 g/mol. The van der Waals surface area contributed by atoms with E-state index in [0.717, 1.165) is 5.56 Å². The van der Waals surface area contributed by atoms with Crippen LogP contribution in [0.25, 0.3) is 0 Å². The maximum absolute atomic E-state index is 12.5. The minimum absolute atomic E-state index is 0.0289. The van der Waals surface area contributed by atoms with Gasteiger partial charge in [0.05, 0.1) is 17.5 Å². The van der Waals surface area contributed by atoms with Crippen LogP contribution in [0.4, 0.5) is 4.79 Å². The summed E-state index contributed by atoms with van der Waals surface area (Å²) in [6.07, 6.45) is -0.755. The van der Waals surface area contributed by atoms with Crippen LogP contribution in [0.5, 0.6) is 11.5 Å². The van der Waals surface area contributed by atoms with Gasteiger partial charge in [0.1, 0.15) is 18.1 Å². The van der Waals surface area contributed by atoms with Gasteiger partial charge in [-0.3, -0.25) is 0 Å². The molecule has 3 aromatic rings. The van der Waals surface area contributed by atoms with Crippen molar-refractivity contribution in [1.29, 1.82) is 0 Å². The number of carbonyl (C=O) groups is 1. The molecule has 0 spiro atoms. The van der Waals surface area contributed by atoms with Crippen molar-refractivity contribution in [3.05, 3.63) is 90.5 Å². The van der Waals surface area contributed by atoms with Gasteiger partial charge < -0.3 is 19.9 Å². The second-order valence-corrected chi connectivity index (χ2v) is 8.59. The maximum atomic E-state index is 12.5. The van der Waals surface area contributed by atoms with E-state index in [0.29, 0.717) is 11.5 Å². The van der Waals surface area contributed by atoms with E-state index in [4.69, 9.17) is 9.47 Å². The second kappa shape index (κ2) is 11.3. The first-order valence-electron chi connectivity index (χ1n) is 9.87. The van der Waals surface area contributed by atoms with Gasteiger partial charge in [-0.05, 0) is 42.0 Å². The Kier molecular flexibility index (Phi) is 8.20. The zero-order valence-electron chi connectivity index (χ0n) is 17.2. The molecule has 0 saturated heterocycles. The fourth-order valence-corrected chi connectivity index (χ4v) is 3.78. The Bertz CT molecular complexity index is 1090. The van der Waals surface area contributed by atoms with Crippen molar-refractivity contribution < 1.29 is 27.8 Å². The summed E-state index contributed by atoms with van der Waals surface area (Å²) in [7, 11) is -3.85. The van der Waals surface area contributed by atoms with Crippen LogP contribution in [0.3, 0.4) is 0 Å². The van der Waals surface area contributed by atoms with Gasteiger partial charge in [0.25, 0.3) is 0 Å². The first-order valence-corrected chi connectivity index (χ1v) is 11.4. The van der Waals surface area contributed by atoms with Crippen LogP contribution < -0.4 is 14.8 Å². The molecule has 0 bridgehead atoms. The third-order valence-corrected chi connectivity index (χ3v) is 5.83. The number of ether oxygens (including phenoxy) is 2. The van der Waals surface area contributed by atoms with Gasteiger partial charge in [0.2, 0.25) is 10.0 Å². The number of sulfonamides is 1. The minimum Gasteiger partial charge on any atom is -0.457 e. The molecule has 8 nitrogen and oxygen atoms in total. The predicted octanol–water partition coefficient (Wildman–Crippen LogP) is 3.04. The lowest BCUT2D eigenvalue weighted by atomic mass is 10.2. The topological polar surface area (TPSA) is 114 Å². The van der Waals surface area contributed by atoms with Gasteiger partial charge >= 0.3 is 6.09 Å². The zero-order valence-corrected chi connectivity index (χ0v) is 18.0. The summed E-state index contributed by atoms with van der Waals surface area (Å²) >= 11 is 0. The van der Waals surface area contributed by atoms with Crippen LogP contribution in [0, 0.1) is 0 Å². The number of alkyl carbamates (subject to hydrolysis) is 1. The molecule has 0 aliphatic rings. The molecule has 1 amide bonds. The summed E-state index contributed by atoms with van der Waals surface area (Å²) in [5, 5.41) is 11.9. The number of para-hydroxylation sites is 1. The minimum atomic E-state index is -3.85. The number of amides is 1. The number of hydrogen-bond acceptors (Lipinski definition) is 6. The molecule has 0 fully saturated rings. The number of hydrogen-bond donors (Lipinski definition) is 3. The van der Waals surface area contributed by atoms with Crippen molar-refractivity contribution in [2.24, 2.45) is 0 Å². The fraction of sp³-hybridized carbons (Fsp3) is 0.174. The molecule has 0 heterocycles. The Morgan fingerprint density at radius 2 is 1.47 bits per heavy atom. The van der Waals surface area contributed by atoms with Gasteiger partial charge in [-0.1, -0.05) is 48.5 Å². The summed E-state index contributed by atoms with van der Waals surface area (Å²) in [6, 6.07) is 23.3. The molecule has 3 aromatic carbocycles. The van der Waals surface area contributed by atoms with E-state index in [1.165, 1.54) is 12.1 Å². The standard InChI is InChI=1S/C23H24N2O6S/c26-16-19(25-23(27)30-17-18-7-3-1-4-8-18)15-24-32(28,29)22-13-11-21(12-14-22)31-20-9-5-2-6-10-20/h1-14,19,24,26H,15-17H2,(H,25,27). The van der Waals surface area contributed by atoms with Gasteiger partial charge in [0.15, 0.2) is 0 Å². The lowest BCUT2D eigenvalue weighted by Crippen LogP contribution is -2.45. The van der Waals surface area contributed by atoms with Crippen molar-refractivity contribution in [1.82, 2.24) is 10.0 Å². The van der Waals surface area contributed by atoms with E-state index in [1.54, 1.807) is 36.4 Å². The van der Waals surface area contributed by atoms with Crippen LogP contribution in [0.1, 0.15) is 5.56 Å². The summed E-state index contributed by atoms with van der Waals surface area (Å²) in [5.41, 5.74) is 0.809. The number of aliphatic hydroxyl groups is 1. The normalized spacial score (nSPS) is 12.0. The number of aliphatic hydroxyl groups excluding tert-OH is 1. The molecular weight excluding hydrogens is 432 g/mol. The van der Waals surface area contributed by atoms with E-state index in [2.05, 4.69) is 10.0 Å². The molecule has 9 heteroatoms. The van der Waals surface area contributed by atoms with Crippen LogP contribution >= 0.6 is 0 Å². The van der Waals surface area contributed by atoms with Crippen LogP contribution in [0.2, 0.25) is 0 Å². The molecule has 32 heavy (non-hydrogen) atoms. The molecule has 1 atom stereocenters. The van der Waals surface area contributed by atoms with E-state index >= 15 is 0 Å². The van der Waals surface area contributed by atoms with E-state index in [9.17, 15) is 18.3 Å². The highest BCUT2D eigenvalue weighted by Gasteiger charge is 2.19. The first kappa shape index (κ1) is 23.3. The Hall–Kier alpha value is -3.40. The highest BCUT2D eigenvalue weighted by atomic mass is 32.2. The van der Waals surface area contributed by atoms with Crippen molar-refractivity contribution in [3.8, 4) is 11.5 Å². The third kappa shape index (κ3) is 7.09. The Morgan fingerprint density at radius 3 is 2.09 bits per heavy atom. The molecule has 0 aliphatic heterocycles. The number of rotatable bonds is 10. The van der Waals surface area contributed by atoms with E-state index in [-0.39, 0.29) is 18.0 Å². The van der Waals surface area contributed by atoms with Crippen molar-refractivity contribution in [2.45, 2.75) is 17.5 Å². The first-order chi connectivity index (χ1) is 15.5. The molecular formula is C23H24N2O6S. The SMILES string of the molecule is O=C(NC(CO)CNS(=O)(=O)c1ccc(Oc2ccccc2)cc1)OCc1ccccc1. The summed E-state index contributed by atoms with van der Waals surface area (Å²) in [4.78, 5) is 12.0.